The molecule has 0 radical (unpaired) electrons. The lowest BCUT2D eigenvalue weighted by atomic mass is 10.1. The van der Waals surface area contributed by atoms with Crippen molar-refractivity contribution >= 4 is 61.8 Å². The lowest BCUT2D eigenvalue weighted by molar-refractivity contribution is 0.0698. The van der Waals surface area contributed by atoms with Crippen LogP contribution in [0.4, 0.5) is 4.79 Å². The fraction of sp³-hybridized carbons (Fsp3) is 0.158. The SMILES string of the molecule is CCOC(=O)Cl.O.O=C(O)c1c(CSc2ccccc2)n(Br)c2ccccc12. The molecule has 0 aliphatic carbocycles. The molecule has 150 valence electrons. The van der Waals surface area contributed by atoms with Crippen molar-refractivity contribution in [3.05, 3.63) is 65.9 Å². The summed E-state index contributed by atoms with van der Waals surface area (Å²) < 4.78 is 5.96. The van der Waals surface area contributed by atoms with Gasteiger partial charge < -0.3 is 15.3 Å². The molecule has 3 aromatic rings. The normalized spacial score (nSPS) is 9.82. The molecular weight excluding hydrogens is 470 g/mol. The summed E-state index contributed by atoms with van der Waals surface area (Å²) in [6.07, 6.45) is 0. The standard InChI is InChI=1S/C16H12BrNO2S.C3H5ClO2.H2O/c17-18-13-9-5-4-8-12(13)15(16(19)20)14(18)10-21-11-6-2-1-3-7-11;1-2-6-3(4)5;/h1-9H,10H2,(H,19,20);2H2,1H3;1H2. The van der Waals surface area contributed by atoms with Crippen molar-refractivity contribution in [3.8, 4) is 0 Å². The molecule has 1 aromatic heterocycles. The number of fused-ring (bicyclic) bond motifs is 1. The molecule has 0 saturated heterocycles. The second-order valence-electron chi connectivity index (χ2n) is 5.20. The maximum absolute atomic E-state index is 11.6. The summed E-state index contributed by atoms with van der Waals surface area (Å²) in [6, 6.07) is 17.5. The van der Waals surface area contributed by atoms with E-state index in [1.54, 1.807) is 22.3 Å². The first kappa shape index (κ1) is 24.0. The maximum Gasteiger partial charge on any atom is 0.403 e. The van der Waals surface area contributed by atoms with E-state index in [4.69, 9.17) is 11.6 Å². The van der Waals surface area contributed by atoms with E-state index in [9.17, 15) is 14.7 Å². The number of ether oxygens (including phenoxy) is 1. The monoisotopic (exact) mass is 487 g/mol. The lowest BCUT2D eigenvalue weighted by Crippen LogP contribution is -2.01. The van der Waals surface area contributed by atoms with Crippen LogP contribution in [0.15, 0.2) is 59.5 Å². The van der Waals surface area contributed by atoms with Crippen molar-refractivity contribution in [1.29, 1.82) is 0 Å². The van der Waals surface area contributed by atoms with Gasteiger partial charge in [0, 0.05) is 27.6 Å². The number of benzene rings is 2. The highest BCUT2D eigenvalue weighted by Gasteiger charge is 2.21. The smallest absolute Gasteiger partial charge is 0.403 e. The molecule has 9 heteroatoms. The van der Waals surface area contributed by atoms with Gasteiger partial charge in [0.25, 0.3) is 0 Å². The molecule has 0 fully saturated rings. The van der Waals surface area contributed by atoms with Gasteiger partial charge >= 0.3 is 11.4 Å². The highest BCUT2D eigenvalue weighted by Crippen LogP contribution is 2.32. The molecule has 28 heavy (non-hydrogen) atoms. The first-order valence-corrected chi connectivity index (χ1v) is 10.0. The van der Waals surface area contributed by atoms with Crippen molar-refractivity contribution in [2.75, 3.05) is 6.61 Å². The van der Waals surface area contributed by atoms with Crippen LogP contribution in [-0.2, 0) is 10.5 Å². The Morgan fingerprint density at radius 1 is 1.14 bits per heavy atom. The fourth-order valence-electron chi connectivity index (χ4n) is 2.40. The minimum Gasteiger partial charge on any atom is -0.478 e. The van der Waals surface area contributed by atoms with Gasteiger partial charge in [-0.25, -0.2) is 9.59 Å². The van der Waals surface area contributed by atoms with Crippen LogP contribution >= 0.6 is 39.5 Å². The zero-order valence-corrected chi connectivity index (χ0v) is 18.1. The number of carboxylic acids is 1. The molecule has 3 rings (SSSR count). The number of rotatable bonds is 5. The van der Waals surface area contributed by atoms with Gasteiger partial charge in [-0.05, 0) is 25.1 Å². The van der Waals surface area contributed by atoms with Crippen LogP contribution in [0.2, 0.25) is 0 Å². The molecule has 0 bridgehead atoms. The topological polar surface area (TPSA) is 100 Å². The van der Waals surface area contributed by atoms with E-state index < -0.39 is 11.4 Å². The summed E-state index contributed by atoms with van der Waals surface area (Å²) in [5, 5.41) is 10.3. The molecule has 0 unspecified atom stereocenters. The van der Waals surface area contributed by atoms with Crippen LogP contribution in [-0.4, -0.2) is 32.2 Å². The Bertz CT molecular complexity index is 933. The molecule has 3 N–H and O–H groups in total. The average molecular weight is 489 g/mol. The van der Waals surface area contributed by atoms with Gasteiger partial charge in [0.1, 0.15) is 0 Å². The number of carbonyl (C=O) groups is 2. The number of carboxylic acid groups (broad SMARTS) is 1. The van der Waals surface area contributed by atoms with Crippen molar-refractivity contribution in [1.82, 2.24) is 3.59 Å². The van der Waals surface area contributed by atoms with Gasteiger partial charge in [-0.3, -0.25) is 3.59 Å². The van der Waals surface area contributed by atoms with Crippen LogP contribution in [0.3, 0.4) is 0 Å². The molecular formula is C19H19BrClNO5S. The number of nitrogens with zero attached hydrogens (tertiary/aromatic N) is 1. The molecule has 0 aliphatic heterocycles. The number of hydrogen-bond acceptors (Lipinski definition) is 4. The molecule has 0 saturated carbocycles. The highest BCUT2D eigenvalue weighted by atomic mass is 79.9. The lowest BCUT2D eigenvalue weighted by Gasteiger charge is -2.04. The van der Waals surface area contributed by atoms with Crippen LogP contribution < -0.4 is 0 Å². The van der Waals surface area contributed by atoms with Crippen molar-refractivity contribution in [2.24, 2.45) is 0 Å². The molecule has 1 heterocycles. The fourth-order valence-corrected chi connectivity index (χ4v) is 4.22. The molecule has 6 nitrogen and oxygen atoms in total. The second kappa shape index (κ2) is 11.8. The zero-order chi connectivity index (χ0) is 19.8. The molecule has 2 aromatic carbocycles. The summed E-state index contributed by atoms with van der Waals surface area (Å²) in [6.45, 7) is 2.04. The van der Waals surface area contributed by atoms with E-state index >= 15 is 0 Å². The number of halogens is 2. The van der Waals surface area contributed by atoms with E-state index in [0.717, 1.165) is 21.5 Å². The Morgan fingerprint density at radius 2 is 1.75 bits per heavy atom. The second-order valence-corrected chi connectivity index (χ2v) is 7.26. The first-order chi connectivity index (χ1) is 13.0. The van der Waals surface area contributed by atoms with Crippen LogP contribution in [0, 0.1) is 0 Å². The predicted molar refractivity (Wildman–Crippen MR) is 116 cm³/mol. The third kappa shape index (κ3) is 6.27. The van der Waals surface area contributed by atoms with Gasteiger partial charge in [0.2, 0.25) is 0 Å². The van der Waals surface area contributed by atoms with Crippen LogP contribution in [0.1, 0.15) is 23.0 Å². The summed E-state index contributed by atoms with van der Waals surface area (Å²) in [4.78, 5) is 22.3. The Labute approximate surface area is 180 Å². The zero-order valence-electron chi connectivity index (χ0n) is 14.9. The largest absolute Gasteiger partial charge is 0.478 e. The number of aromatic carboxylic acids is 1. The number of aromatic nitrogens is 1. The Kier molecular flexibility index (Phi) is 10.1. The van der Waals surface area contributed by atoms with Crippen molar-refractivity contribution < 1.29 is 24.9 Å². The van der Waals surface area contributed by atoms with Crippen LogP contribution in [0.25, 0.3) is 10.9 Å². The summed E-state index contributed by atoms with van der Waals surface area (Å²) >= 11 is 9.82. The maximum atomic E-state index is 11.6. The van der Waals surface area contributed by atoms with Gasteiger partial charge in [0.15, 0.2) is 0 Å². The van der Waals surface area contributed by atoms with Crippen molar-refractivity contribution in [2.45, 2.75) is 17.6 Å². The van der Waals surface area contributed by atoms with E-state index in [1.165, 1.54) is 0 Å². The Morgan fingerprint density at radius 3 is 2.29 bits per heavy atom. The van der Waals surface area contributed by atoms with Gasteiger partial charge in [0.05, 0.1) is 39.5 Å². The quantitative estimate of drug-likeness (QED) is 0.385. The molecule has 0 aliphatic rings. The van der Waals surface area contributed by atoms with Gasteiger partial charge in [-0.15, -0.1) is 11.8 Å². The Balaban J connectivity index is 0.000000492. The average Bonchev–Trinajstić information content (AvgIpc) is 2.94. The molecule has 0 spiro atoms. The number of thioether (sulfide) groups is 1. The highest BCUT2D eigenvalue weighted by molar-refractivity contribution is 9.08. The summed E-state index contributed by atoms with van der Waals surface area (Å²) in [7, 11) is 0. The van der Waals surface area contributed by atoms with Gasteiger partial charge in [-0.2, -0.15) is 0 Å². The van der Waals surface area contributed by atoms with E-state index in [0.29, 0.717) is 17.9 Å². The Hall–Kier alpha value is -2.00. The van der Waals surface area contributed by atoms with Gasteiger partial charge in [-0.1, -0.05) is 36.4 Å². The minimum atomic E-state index is -0.895. The number of carbonyl (C=O) groups excluding carboxylic acids is 1. The summed E-state index contributed by atoms with van der Waals surface area (Å²) in [5.41, 5.74) is 1.26. The first-order valence-electron chi connectivity index (χ1n) is 7.97. The van der Waals surface area contributed by atoms with E-state index in [1.807, 2.05) is 54.6 Å². The third-order valence-corrected chi connectivity index (χ3v) is 5.44. The molecule has 0 amide bonds. The third-order valence-electron chi connectivity index (χ3n) is 3.50. The van der Waals surface area contributed by atoms with E-state index in [-0.39, 0.29) is 5.48 Å². The number of para-hydroxylation sites is 1. The predicted octanol–water partition coefficient (Wildman–Crippen LogP) is 5.35. The summed E-state index contributed by atoms with van der Waals surface area (Å²) in [5.74, 6) is -0.306. The van der Waals surface area contributed by atoms with E-state index in [2.05, 4.69) is 20.9 Å². The van der Waals surface area contributed by atoms with Crippen molar-refractivity contribution in [3.63, 3.8) is 0 Å². The molecule has 0 atom stereocenters. The number of hydrogen-bond donors (Lipinski definition) is 1. The minimum absolute atomic E-state index is 0. The van der Waals surface area contributed by atoms with Crippen LogP contribution in [0.5, 0.6) is 0 Å².